The molecule has 0 aliphatic heterocycles. The molecule has 62 valence electrons. The van der Waals surface area contributed by atoms with E-state index in [9.17, 15) is 0 Å². The van der Waals surface area contributed by atoms with Gasteiger partial charge in [0.25, 0.3) is 0 Å². The zero-order chi connectivity index (χ0) is 8.10. The van der Waals surface area contributed by atoms with E-state index in [1.807, 2.05) is 0 Å². The molecule has 4 nitrogen and oxygen atoms in total. The van der Waals surface area contributed by atoms with E-state index in [1.54, 1.807) is 0 Å². The van der Waals surface area contributed by atoms with E-state index in [2.05, 4.69) is 20.0 Å². The number of nitrogens with zero attached hydrogens (tertiary/aromatic N) is 2. The van der Waals surface area contributed by atoms with Crippen molar-refractivity contribution in [2.24, 2.45) is 10.3 Å². The first-order valence-corrected chi connectivity index (χ1v) is 5.58. The molecule has 0 saturated carbocycles. The average Bonchev–Trinajstić information content (AvgIpc) is 2.38. The van der Waals surface area contributed by atoms with Crippen LogP contribution in [0.4, 0.5) is 0 Å². The van der Waals surface area contributed by atoms with E-state index >= 15 is 0 Å². The molecular weight excluding hydrogens is 204 g/mol. The molecule has 0 aliphatic rings. The Morgan fingerprint density at radius 3 is 1.82 bits per heavy atom. The number of hydrogen-bond donors (Lipinski definition) is 0. The third-order valence-corrected chi connectivity index (χ3v) is 4.54. The molecule has 0 aromatic carbocycles. The molecule has 1 heterocycles. The largest absolute Gasteiger partial charge is 0.397 e. The van der Waals surface area contributed by atoms with Crippen LogP contribution in [-0.2, 0) is 9.68 Å². The van der Waals surface area contributed by atoms with Gasteiger partial charge < -0.3 is 9.68 Å². The summed E-state index contributed by atoms with van der Waals surface area (Å²) in [5.41, 5.74) is 0. The average molecular weight is 210 g/mol. The molecule has 1 aromatic heterocycles. The minimum Gasteiger partial charge on any atom is -0.397 e. The summed E-state index contributed by atoms with van der Waals surface area (Å²) in [6.45, 7) is 0. The molecule has 7 heteroatoms. The van der Waals surface area contributed by atoms with Crippen LogP contribution in [0.25, 0.3) is 0 Å². The summed E-state index contributed by atoms with van der Waals surface area (Å²) in [5, 5.41) is 7.48. The van der Waals surface area contributed by atoms with Crippen LogP contribution in [0.3, 0.4) is 0 Å². The molecule has 0 atom stereocenters. The van der Waals surface area contributed by atoms with Gasteiger partial charge in [-0.15, -0.1) is 0 Å². The highest BCUT2D eigenvalue weighted by atomic mass is 32.9. The lowest BCUT2D eigenvalue weighted by molar-refractivity contribution is 0.202. The molecule has 1 rings (SSSR count). The maximum Gasteiger partial charge on any atom is 0.222 e. The lowest BCUT2D eigenvalue weighted by atomic mass is 11.6. The standard InChI is InChI=1S/C4H6N2O2S3/c1-7-5-3-9-4(6-8-2)11-10-3/h1-2H3/b5-3+,6-4+. The van der Waals surface area contributed by atoms with E-state index < -0.39 is 0 Å². The fourth-order valence-electron chi connectivity index (χ4n) is 0.397. The first-order valence-electron chi connectivity index (χ1n) is 2.61. The summed E-state index contributed by atoms with van der Waals surface area (Å²) < 4.78 is 1.68. The van der Waals surface area contributed by atoms with Crippen molar-refractivity contribution < 1.29 is 9.68 Å². The molecule has 0 bridgehead atoms. The molecule has 11 heavy (non-hydrogen) atoms. The second-order valence-corrected chi connectivity index (χ2v) is 4.95. The molecule has 1 aromatic rings. The van der Waals surface area contributed by atoms with Crippen molar-refractivity contribution in [1.82, 2.24) is 0 Å². The highest BCUT2D eigenvalue weighted by molar-refractivity contribution is 7.72. The summed E-state index contributed by atoms with van der Waals surface area (Å²) in [6.07, 6.45) is 0. The predicted molar refractivity (Wildman–Crippen MR) is 45.2 cm³/mol. The van der Waals surface area contributed by atoms with Gasteiger partial charge in [0.2, 0.25) is 7.97 Å². The molecule has 0 saturated heterocycles. The van der Waals surface area contributed by atoms with Gasteiger partial charge in [0.1, 0.15) is 14.2 Å². The van der Waals surface area contributed by atoms with E-state index in [-0.39, 0.29) is 0 Å². The summed E-state index contributed by atoms with van der Waals surface area (Å²) in [4.78, 5) is 9.18. The van der Waals surface area contributed by atoms with E-state index in [4.69, 9.17) is 0 Å². The van der Waals surface area contributed by atoms with Crippen LogP contribution in [0.15, 0.2) is 10.3 Å². The van der Waals surface area contributed by atoms with Crippen molar-refractivity contribution in [1.29, 1.82) is 0 Å². The monoisotopic (exact) mass is 210 g/mol. The van der Waals surface area contributed by atoms with Crippen LogP contribution < -0.4 is 7.97 Å². The molecule has 0 unspecified atom stereocenters. The predicted octanol–water partition coefficient (Wildman–Crippen LogP) is 0.795. The van der Waals surface area contributed by atoms with Crippen molar-refractivity contribution in [3.05, 3.63) is 7.97 Å². The summed E-state index contributed by atoms with van der Waals surface area (Å²) in [5.74, 6) is 0. The molecule has 0 amide bonds. The minimum absolute atomic E-state index is 0.841. The summed E-state index contributed by atoms with van der Waals surface area (Å²) in [7, 11) is 6.05. The normalized spacial score (nSPS) is 13.6. The van der Waals surface area contributed by atoms with Gasteiger partial charge in [-0.25, -0.2) is 0 Å². The Morgan fingerprint density at radius 1 is 1.00 bits per heavy atom. The van der Waals surface area contributed by atoms with Crippen LogP contribution in [0.1, 0.15) is 0 Å². The molecule has 0 spiro atoms. The topological polar surface area (TPSA) is 43.2 Å². The van der Waals surface area contributed by atoms with E-state index in [1.165, 1.54) is 46.2 Å². The van der Waals surface area contributed by atoms with Gasteiger partial charge in [-0.2, -0.15) is 0 Å². The van der Waals surface area contributed by atoms with Crippen LogP contribution in [-0.4, -0.2) is 14.2 Å². The zero-order valence-corrected chi connectivity index (χ0v) is 8.39. The minimum atomic E-state index is 0.841. The Kier molecular flexibility index (Phi) is 3.53. The highest BCUT2D eigenvalue weighted by Gasteiger charge is 1.88. The van der Waals surface area contributed by atoms with Crippen molar-refractivity contribution in [2.45, 2.75) is 0 Å². The Hall–Kier alpha value is -0.400. The Labute approximate surface area is 74.4 Å². The van der Waals surface area contributed by atoms with Crippen LogP contribution in [0.5, 0.6) is 0 Å². The zero-order valence-electron chi connectivity index (χ0n) is 5.94. The van der Waals surface area contributed by atoms with Crippen LogP contribution >= 0.6 is 32.0 Å². The highest BCUT2D eigenvalue weighted by Crippen LogP contribution is 1.95. The summed E-state index contributed by atoms with van der Waals surface area (Å²) >= 11 is 1.44. The lowest BCUT2D eigenvalue weighted by Crippen LogP contribution is -1.92. The maximum absolute atomic E-state index is 4.59. The Morgan fingerprint density at radius 2 is 1.45 bits per heavy atom. The van der Waals surface area contributed by atoms with E-state index in [0.29, 0.717) is 0 Å². The smallest absolute Gasteiger partial charge is 0.222 e. The van der Waals surface area contributed by atoms with Crippen molar-refractivity contribution in [3.8, 4) is 0 Å². The summed E-state index contributed by atoms with van der Waals surface area (Å²) in [6, 6.07) is 0. The van der Waals surface area contributed by atoms with E-state index in [0.717, 1.165) is 7.97 Å². The SMILES string of the molecule is CO/N=c1/ss/c(=N/OC)s1. The van der Waals surface area contributed by atoms with Crippen LogP contribution in [0, 0.1) is 0 Å². The van der Waals surface area contributed by atoms with Gasteiger partial charge in [0.05, 0.1) is 0 Å². The van der Waals surface area contributed by atoms with Crippen molar-refractivity contribution >= 4 is 32.0 Å². The van der Waals surface area contributed by atoms with Gasteiger partial charge in [0, 0.05) is 0 Å². The molecule has 0 radical (unpaired) electrons. The van der Waals surface area contributed by atoms with Gasteiger partial charge in [0.15, 0.2) is 0 Å². The van der Waals surface area contributed by atoms with Gasteiger partial charge in [-0.1, -0.05) is 21.6 Å². The Balaban J connectivity index is 3.00. The molecule has 0 N–H and O–H groups in total. The molecule has 0 aliphatic carbocycles. The molecule has 0 fully saturated rings. The third-order valence-electron chi connectivity index (χ3n) is 0.691. The van der Waals surface area contributed by atoms with Gasteiger partial charge in [-0.05, 0) is 20.7 Å². The number of rotatable bonds is 2. The van der Waals surface area contributed by atoms with Crippen LogP contribution in [0.2, 0.25) is 0 Å². The van der Waals surface area contributed by atoms with Gasteiger partial charge >= 0.3 is 0 Å². The van der Waals surface area contributed by atoms with Crippen molar-refractivity contribution in [2.75, 3.05) is 14.2 Å². The first-order chi connectivity index (χ1) is 5.36. The van der Waals surface area contributed by atoms with Crippen molar-refractivity contribution in [3.63, 3.8) is 0 Å². The second kappa shape index (κ2) is 4.47. The second-order valence-electron chi connectivity index (χ2n) is 1.35. The maximum atomic E-state index is 4.59. The fourth-order valence-corrected chi connectivity index (χ4v) is 3.86. The number of hydrogen-bond acceptors (Lipinski definition) is 7. The quantitative estimate of drug-likeness (QED) is 0.535. The Bertz CT molecular complexity index is 292. The van der Waals surface area contributed by atoms with Gasteiger partial charge in [-0.3, -0.25) is 0 Å². The third kappa shape index (κ3) is 2.60. The lowest BCUT2D eigenvalue weighted by Gasteiger charge is -1.77. The first kappa shape index (κ1) is 8.69. The fraction of sp³-hybridized carbons (Fsp3) is 0.500. The molecular formula is C4H6N2O2S3.